The molecule has 2 unspecified atom stereocenters. The molecule has 0 fully saturated rings. The average Bonchev–Trinajstić information content (AvgIpc) is 2.93. The molecule has 8 nitrogen and oxygen atoms in total. The molecule has 2 atom stereocenters. The molecule has 0 saturated heterocycles. The molecule has 3 amide bonds. The number of hydrogen-bond donors (Lipinski definition) is 3. The number of carbonyl (C=O) groups excluding carboxylic acids is 3. The van der Waals surface area contributed by atoms with Crippen LogP contribution < -0.4 is 10.6 Å². The number of aromatic hydroxyl groups is 1. The van der Waals surface area contributed by atoms with E-state index in [4.69, 9.17) is 4.74 Å². The van der Waals surface area contributed by atoms with Gasteiger partial charge in [-0.05, 0) is 66.9 Å². The van der Waals surface area contributed by atoms with Gasteiger partial charge in [-0.1, -0.05) is 72.8 Å². The van der Waals surface area contributed by atoms with Crippen LogP contribution in [0.4, 0.5) is 10.5 Å². The third-order valence-electron chi connectivity index (χ3n) is 6.48. The number of likely N-dealkylation sites (N-methyl/N-ethyl adjacent to an activating group) is 1. The Morgan fingerprint density at radius 3 is 2.15 bits per heavy atom. The fourth-order valence-electron chi connectivity index (χ4n) is 4.56. The van der Waals surface area contributed by atoms with Crippen LogP contribution in [0.3, 0.4) is 0 Å². The molecule has 0 heterocycles. The summed E-state index contributed by atoms with van der Waals surface area (Å²) in [6.07, 6.45) is -0.542. The number of nitrogens with zero attached hydrogens (tertiary/aromatic N) is 1. The van der Waals surface area contributed by atoms with Gasteiger partial charge in [0.05, 0.1) is 0 Å². The maximum absolute atomic E-state index is 14.0. The molecule has 212 valence electrons. The van der Waals surface area contributed by atoms with Crippen molar-refractivity contribution in [2.24, 2.45) is 0 Å². The third kappa shape index (κ3) is 7.85. The molecule has 0 aliphatic carbocycles. The molecule has 0 aliphatic heterocycles. The summed E-state index contributed by atoms with van der Waals surface area (Å²) >= 11 is 0. The number of fused-ring (bicyclic) bond motifs is 1. The number of hydrogen-bond acceptors (Lipinski definition) is 5. The summed E-state index contributed by atoms with van der Waals surface area (Å²) in [6, 6.07) is 26.7. The molecule has 0 saturated carbocycles. The minimum absolute atomic E-state index is 0.0324. The lowest BCUT2D eigenvalue weighted by atomic mass is 10.0. The highest BCUT2D eigenvalue weighted by molar-refractivity contribution is 6.00. The van der Waals surface area contributed by atoms with E-state index in [1.807, 2.05) is 66.7 Å². The Balaban J connectivity index is 1.64. The van der Waals surface area contributed by atoms with Gasteiger partial charge in [0.1, 0.15) is 23.4 Å². The number of phenols is 1. The van der Waals surface area contributed by atoms with Gasteiger partial charge in [-0.2, -0.15) is 0 Å². The number of rotatable bonds is 8. The molecule has 41 heavy (non-hydrogen) atoms. The van der Waals surface area contributed by atoms with Gasteiger partial charge in [0.25, 0.3) is 5.91 Å². The molecule has 4 rings (SSSR count). The monoisotopic (exact) mass is 553 g/mol. The second-order valence-electron chi connectivity index (χ2n) is 10.9. The van der Waals surface area contributed by atoms with Crippen LogP contribution in [0, 0.1) is 0 Å². The van der Waals surface area contributed by atoms with E-state index in [-0.39, 0.29) is 12.2 Å². The molecule has 0 aliphatic rings. The highest BCUT2D eigenvalue weighted by Gasteiger charge is 2.34. The average molecular weight is 554 g/mol. The molecular formula is C33H35N3O5. The lowest BCUT2D eigenvalue weighted by Crippen LogP contribution is -2.52. The summed E-state index contributed by atoms with van der Waals surface area (Å²) < 4.78 is 5.43. The molecule has 0 aromatic heterocycles. The van der Waals surface area contributed by atoms with Crippen LogP contribution in [0.1, 0.15) is 37.9 Å². The van der Waals surface area contributed by atoms with Crippen LogP contribution in [0.2, 0.25) is 0 Å². The van der Waals surface area contributed by atoms with Crippen LogP contribution in [0.25, 0.3) is 10.8 Å². The molecule has 8 heteroatoms. The van der Waals surface area contributed by atoms with Crippen molar-refractivity contribution in [1.29, 1.82) is 0 Å². The van der Waals surface area contributed by atoms with E-state index in [0.29, 0.717) is 11.3 Å². The van der Waals surface area contributed by atoms with E-state index in [1.165, 1.54) is 24.1 Å². The fourth-order valence-corrected chi connectivity index (χ4v) is 4.56. The van der Waals surface area contributed by atoms with Crippen molar-refractivity contribution in [2.75, 3.05) is 12.4 Å². The number of carbonyl (C=O) groups is 3. The number of nitrogens with one attached hydrogen (secondary N) is 2. The third-order valence-corrected chi connectivity index (χ3v) is 6.48. The Morgan fingerprint density at radius 1 is 0.854 bits per heavy atom. The van der Waals surface area contributed by atoms with Gasteiger partial charge in [-0.3, -0.25) is 9.59 Å². The van der Waals surface area contributed by atoms with Crippen molar-refractivity contribution < 1.29 is 24.2 Å². The Bertz CT molecular complexity index is 1510. The Kier molecular flexibility index (Phi) is 8.92. The Hall–Kier alpha value is -4.85. The number of alkyl carbamates (subject to hydrolysis) is 1. The van der Waals surface area contributed by atoms with Gasteiger partial charge < -0.3 is 25.4 Å². The maximum Gasteiger partial charge on any atom is 0.408 e. The number of benzene rings is 4. The summed E-state index contributed by atoms with van der Waals surface area (Å²) in [5.74, 6) is -0.894. The molecule has 4 aromatic carbocycles. The van der Waals surface area contributed by atoms with Gasteiger partial charge in [-0.25, -0.2) is 4.79 Å². The topological polar surface area (TPSA) is 108 Å². The molecule has 3 N–H and O–H groups in total. The van der Waals surface area contributed by atoms with Gasteiger partial charge in [0.2, 0.25) is 5.91 Å². The van der Waals surface area contributed by atoms with Gasteiger partial charge >= 0.3 is 6.09 Å². The van der Waals surface area contributed by atoms with Crippen molar-refractivity contribution in [3.63, 3.8) is 0 Å². The molecule has 0 bridgehead atoms. The second-order valence-corrected chi connectivity index (χ2v) is 10.9. The van der Waals surface area contributed by atoms with E-state index in [1.54, 1.807) is 39.0 Å². The van der Waals surface area contributed by atoms with Crippen molar-refractivity contribution in [3.05, 3.63) is 108 Å². The zero-order valence-electron chi connectivity index (χ0n) is 23.6. The van der Waals surface area contributed by atoms with Crippen LogP contribution in [0.5, 0.6) is 5.75 Å². The highest BCUT2D eigenvalue weighted by atomic mass is 16.6. The number of ether oxygens (including phenoxy) is 1. The van der Waals surface area contributed by atoms with E-state index < -0.39 is 35.6 Å². The standard InChI is InChI=1S/C33H35N3O5/c1-33(2,3)41-32(40)35-28(20-22-10-6-5-7-11-22)31(39)36(4)29(24-15-18-27(37)19-16-24)30(38)34-26-17-14-23-12-8-9-13-25(23)21-26/h5-19,21,28-29,37H,20H2,1-4H3,(H,34,38)(H,35,40). The maximum atomic E-state index is 14.0. The summed E-state index contributed by atoms with van der Waals surface area (Å²) in [7, 11) is 1.52. The first-order valence-electron chi connectivity index (χ1n) is 13.4. The summed E-state index contributed by atoms with van der Waals surface area (Å²) in [5, 5.41) is 17.5. The van der Waals surface area contributed by atoms with E-state index >= 15 is 0 Å². The number of amides is 3. The van der Waals surface area contributed by atoms with Crippen LogP contribution in [-0.2, 0) is 20.7 Å². The fraction of sp³-hybridized carbons (Fsp3) is 0.242. The predicted octanol–water partition coefficient (Wildman–Crippen LogP) is 5.82. The molecule has 0 spiro atoms. The van der Waals surface area contributed by atoms with Crippen LogP contribution in [-0.4, -0.2) is 46.6 Å². The van der Waals surface area contributed by atoms with Crippen LogP contribution in [0.15, 0.2) is 97.1 Å². The van der Waals surface area contributed by atoms with Crippen LogP contribution >= 0.6 is 0 Å². The SMILES string of the molecule is CN(C(=O)C(Cc1ccccc1)NC(=O)OC(C)(C)C)C(C(=O)Nc1ccc2ccccc2c1)c1ccc(O)cc1. The Labute approximate surface area is 239 Å². The second kappa shape index (κ2) is 12.6. The molecule has 0 radical (unpaired) electrons. The minimum Gasteiger partial charge on any atom is -0.508 e. The minimum atomic E-state index is -1.06. The predicted molar refractivity (Wildman–Crippen MR) is 159 cm³/mol. The number of phenolic OH excluding ortho intramolecular Hbond substituents is 1. The smallest absolute Gasteiger partial charge is 0.408 e. The van der Waals surface area contributed by atoms with Gasteiger partial charge in [-0.15, -0.1) is 0 Å². The van der Waals surface area contributed by atoms with E-state index in [9.17, 15) is 19.5 Å². The largest absolute Gasteiger partial charge is 0.508 e. The number of anilines is 1. The highest BCUT2D eigenvalue weighted by Crippen LogP contribution is 2.26. The van der Waals surface area contributed by atoms with Crippen molar-refractivity contribution >= 4 is 34.4 Å². The van der Waals surface area contributed by atoms with Gasteiger partial charge in [0.15, 0.2) is 0 Å². The summed E-state index contributed by atoms with van der Waals surface area (Å²) in [4.78, 5) is 41.8. The first-order valence-corrected chi connectivity index (χ1v) is 13.4. The zero-order chi connectivity index (χ0) is 29.6. The van der Waals surface area contributed by atoms with Crippen molar-refractivity contribution in [2.45, 2.75) is 44.9 Å². The van der Waals surface area contributed by atoms with E-state index in [0.717, 1.165) is 16.3 Å². The molecule has 4 aromatic rings. The quantitative estimate of drug-likeness (QED) is 0.255. The summed E-state index contributed by atoms with van der Waals surface area (Å²) in [6.45, 7) is 5.22. The van der Waals surface area contributed by atoms with Crippen molar-refractivity contribution in [1.82, 2.24) is 10.2 Å². The zero-order valence-corrected chi connectivity index (χ0v) is 23.6. The lowest BCUT2D eigenvalue weighted by molar-refractivity contribution is -0.139. The van der Waals surface area contributed by atoms with Gasteiger partial charge in [0, 0.05) is 19.2 Å². The van der Waals surface area contributed by atoms with E-state index in [2.05, 4.69) is 10.6 Å². The normalized spacial score (nSPS) is 12.7. The first-order chi connectivity index (χ1) is 19.5. The van der Waals surface area contributed by atoms with Crippen molar-refractivity contribution in [3.8, 4) is 5.75 Å². The molecular weight excluding hydrogens is 518 g/mol. The summed E-state index contributed by atoms with van der Waals surface area (Å²) in [5.41, 5.74) is 1.14. The Morgan fingerprint density at radius 2 is 1.49 bits per heavy atom. The lowest BCUT2D eigenvalue weighted by Gasteiger charge is -2.31. The first kappa shape index (κ1) is 29.1.